The van der Waals surface area contributed by atoms with Crippen LogP contribution in [0.4, 0.5) is 0 Å². The van der Waals surface area contributed by atoms with Gasteiger partial charge in [-0.05, 0) is 30.5 Å². The van der Waals surface area contributed by atoms with Gasteiger partial charge in [-0.2, -0.15) is 17.0 Å². The predicted octanol–water partition coefficient (Wildman–Crippen LogP) is 2.66. The molecule has 1 aromatic heterocycles. The molecule has 1 aromatic rings. The molecule has 5 nitrogen and oxygen atoms in total. The van der Waals surface area contributed by atoms with E-state index >= 15 is 0 Å². The summed E-state index contributed by atoms with van der Waals surface area (Å²) >= 11 is 0. The smallest absolute Gasteiger partial charge is 0.265 e. The number of unbranched alkanes of at least 4 members (excludes halogenated alkanes) is 2. The van der Waals surface area contributed by atoms with Crippen molar-refractivity contribution in [2.75, 3.05) is 20.1 Å². The Kier molecular flexibility index (Phi) is 7.85. The SMILES string of the molecule is CCCCN(CCCC)S(=O)(=O)N(C)Cc1ccncc1. The Hall–Kier alpha value is -0.980. The molecule has 21 heavy (non-hydrogen) atoms. The minimum absolute atomic E-state index is 0.375. The molecular formula is C15H27N3O2S. The van der Waals surface area contributed by atoms with E-state index in [2.05, 4.69) is 18.8 Å². The molecule has 120 valence electrons. The van der Waals surface area contributed by atoms with Gasteiger partial charge in [0.05, 0.1) is 0 Å². The number of aromatic nitrogens is 1. The zero-order valence-electron chi connectivity index (χ0n) is 13.3. The summed E-state index contributed by atoms with van der Waals surface area (Å²) in [5.41, 5.74) is 0.946. The highest BCUT2D eigenvalue weighted by Gasteiger charge is 2.25. The van der Waals surface area contributed by atoms with Crippen molar-refractivity contribution in [3.05, 3.63) is 30.1 Å². The fraction of sp³-hybridized carbons (Fsp3) is 0.667. The first-order chi connectivity index (χ1) is 10.0. The molecule has 0 aliphatic carbocycles. The summed E-state index contributed by atoms with van der Waals surface area (Å²) in [6.45, 7) is 5.72. The van der Waals surface area contributed by atoms with Crippen molar-refractivity contribution >= 4 is 10.2 Å². The van der Waals surface area contributed by atoms with Gasteiger partial charge in [0.2, 0.25) is 0 Å². The third kappa shape index (κ3) is 5.73. The topological polar surface area (TPSA) is 53.5 Å². The number of rotatable bonds is 10. The number of hydrogen-bond donors (Lipinski definition) is 0. The lowest BCUT2D eigenvalue weighted by Gasteiger charge is -2.27. The third-order valence-corrected chi connectivity index (χ3v) is 5.33. The van der Waals surface area contributed by atoms with E-state index in [-0.39, 0.29) is 0 Å². The van der Waals surface area contributed by atoms with Crippen molar-refractivity contribution in [2.24, 2.45) is 0 Å². The van der Waals surface area contributed by atoms with E-state index in [9.17, 15) is 8.42 Å². The summed E-state index contributed by atoms with van der Waals surface area (Å²) in [6, 6.07) is 3.68. The zero-order valence-corrected chi connectivity index (χ0v) is 14.1. The van der Waals surface area contributed by atoms with E-state index < -0.39 is 10.2 Å². The van der Waals surface area contributed by atoms with Gasteiger partial charge in [0.1, 0.15) is 0 Å². The maximum absolute atomic E-state index is 12.7. The average Bonchev–Trinajstić information content (AvgIpc) is 2.48. The Bertz CT molecular complexity index is 483. The Morgan fingerprint density at radius 1 is 1.05 bits per heavy atom. The molecule has 0 atom stereocenters. The molecule has 0 saturated carbocycles. The molecule has 0 amide bonds. The Morgan fingerprint density at radius 3 is 2.05 bits per heavy atom. The second kappa shape index (κ2) is 9.12. The highest BCUT2D eigenvalue weighted by Crippen LogP contribution is 2.13. The second-order valence-corrected chi connectivity index (χ2v) is 7.26. The first-order valence-corrected chi connectivity index (χ1v) is 9.02. The van der Waals surface area contributed by atoms with Gasteiger partial charge in [0.25, 0.3) is 10.2 Å². The van der Waals surface area contributed by atoms with E-state index in [1.165, 1.54) is 4.31 Å². The molecule has 0 fully saturated rings. The summed E-state index contributed by atoms with van der Waals surface area (Å²) in [5.74, 6) is 0. The summed E-state index contributed by atoms with van der Waals surface area (Å²) < 4.78 is 28.4. The van der Waals surface area contributed by atoms with Gasteiger partial charge in [-0.15, -0.1) is 0 Å². The first kappa shape index (κ1) is 18.1. The second-order valence-electron chi connectivity index (χ2n) is 5.23. The van der Waals surface area contributed by atoms with E-state index in [0.29, 0.717) is 19.6 Å². The quantitative estimate of drug-likeness (QED) is 0.667. The van der Waals surface area contributed by atoms with Crippen LogP contribution in [0.2, 0.25) is 0 Å². The predicted molar refractivity (Wildman–Crippen MR) is 86.0 cm³/mol. The third-order valence-electron chi connectivity index (χ3n) is 3.40. The van der Waals surface area contributed by atoms with Crippen LogP contribution in [0.15, 0.2) is 24.5 Å². The van der Waals surface area contributed by atoms with E-state index in [0.717, 1.165) is 31.2 Å². The Labute approximate surface area is 129 Å². The van der Waals surface area contributed by atoms with Crippen molar-refractivity contribution in [1.29, 1.82) is 0 Å². The van der Waals surface area contributed by atoms with E-state index in [1.54, 1.807) is 23.7 Å². The van der Waals surface area contributed by atoms with Gasteiger partial charge in [0.15, 0.2) is 0 Å². The minimum Gasteiger partial charge on any atom is -0.265 e. The summed E-state index contributed by atoms with van der Waals surface area (Å²) in [5, 5.41) is 0. The van der Waals surface area contributed by atoms with Crippen LogP contribution in [-0.2, 0) is 16.8 Å². The average molecular weight is 313 g/mol. The van der Waals surface area contributed by atoms with Gasteiger partial charge in [-0.3, -0.25) is 4.98 Å². The number of pyridine rings is 1. The highest BCUT2D eigenvalue weighted by molar-refractivity contribution is 7.86. The lowest BCUT2D eigenvalue weighted by atomic mass is 10.3. The van der Waals surface area contributed by atoms with Crippen LogP contribution in [-0.4, -0.2) is 42.1 Å². The molecule has 0 unspecified atom stereocenters. The van der Waals surface area contributed by atoms with Crippen molar-refractivity contribution in [2.45, 2.75) is 46.1 Å². The standard InChI is InChI=1S/C15H27N3O2S/c1-4-6-12-18(13-7-5-2)21(19,20)17(3)14-15-8-10-16-11-9-15/h8-11H,4-7,12-14H2,1-3H3. The van der Waals surface area contributed by atoms with Crippen molar-refractivity contribution < 1.29 is 8.42 Å². The molecular weight excluding hydrogens is 286 g/mol. The molecule has 0 saturated heterocycles. The molecule has 0 aliphatic heterocycles. The highest BCUT2D eigenvalue weighted by atomic mass is 32.2. The summed E-state index contributed by atoms with van der Waals surface area (Å²) in [4.78, 5) is 3.95. The molecule has 0 aliphatic rings. The maximum Gasteiger partial charge on any atom is 0.282 e. The van der Waals surface area contributed by atoms with Crippen LogP contribution < -0.4 is 0 Å². The van der Waals surface area contributed by atoms with Crippen molar-refractivity contribution in [1.82, 2.24) is 13.6 Å². The lowest BCUT2D eigenvalue weighted by Crippen LogP contribution is -2.42. The molecule has 0 radical (unpaired) electrons. The fourth-order valence-corrected chi connectivity index (χ4v) is 3.46. The lowest BCUT2D eigenvalue weighted by molar-refractivity contribution is 0.347. The molecule has 0 N–H and O–H groups in total. The largest absolute Gasteiger partial charge is 0.282 e. The first-order valence-electron chi connectivity index (χ1n) is 7.62. The number of hydrogen-bond acceptors (Lipinski definition) is 3. The molecule has 6 heteroatoms. The van der Waals surface area contributed by atoms with Gasteiger partial charge < -0.3 is 0 Å². The molecule has 1 rings (SSSR count). The number of nitrogens with zero attached hydrogens (tertiary/aromatic N) is 3. The monoisotopic (exact) mass is 313 g/mol. The minimum atomic E-state index is -3.40. The molecule has 1 heterocycles. The Morgan fingerprint density at radius 2 is 1.57 bits per heavy atom. The molecule has 0 aromatic carbocycles. The molecule has 0 bridgehead atoms. The molecule has 0 spiro atoms. The normalized spacial score (nSPS) is 12.2. The van der Waals surface area contributed by atoms with Crippen LogP contribution in [0.25, 0.3) is 0 Å². The van der Waals surface area contributed by atoms with Crippen LogP contribution in [0.5, 0.6) is 0 Å². The van der Waals surface area contributed by atoms with E-state index in [4.69, 9.17) is 0 Å². The Balaban J connectivity index is 2.77. The van der Waals surface area contributed by atoms with Crippen LogP contribution >= 0.6 is 0 Å². The van der Waals surface area contributed by atoms with Crippen molar-refractivity contribution in [3.8, 4) is 0 Å². The summed E-state index contributed by atoms with van der Waals surface area (Å²) in [6.07, 6.45) is 7.14. The van der Waals surface area contributed by atoms with Gasteiger partial charge in [-0.25, -0.2) is 0 Å². The van der Waals surface area contributed by atoms with Crippen LogP contribution in [0, 0.1) is 0 Å². The zero-order chi connectivity index (χ0) is 15.7. The van der Waals surface area contributed by atoms with Crippen LogP contribution in [0.1, 0.15) is 45.1 Å². The van der Waals surface area contributed by atoms with E-state index in [1.807, 2.05) is 12.1 Å². The van der Waals surface area contributed by atoms with Gasteiger partial charge in [-0.1, -0.05) is 26.7 Å². The summed E-state index contributed by atoms with van der Waals surface area (Å²) in [7, 11) is -1.76. The van der Waals surface area contributed by atoms with Crippen molar-refractivity contribution in [3.63, 3.8) is 0 Å². The maximum atomic E-state index is 12.7. The van der Waals surface area contributed by atoms with Gasteiger partial charge in [0, 0.05) is 39.1 Å². The van der Waals surface area contributed by atoms with Gasteiger partial charge >= 0.3 is 0 Å². The van der Waals surface area contributed by atoms with Crippen LogP contribution in [0.3, 0.4) is 0 Å². The fourth-order valence-electron chi connectivity index (χ4n) is 2.04.